The van der Waals surface area contributed by atoms with Crippen LogP contribution in [0.4, 0.5) is 8.78 Å². The van der Waals surface area contributed by atoms with E-state index in [0.717, 1.165) is 0 Å². The maximum Gasteiger partial charge on any atom is 0.237 e. The first-order valence-electron chi connectivity index (χ1n) is 3.50. The van der Waals surface area contributed by atoms with Crippen LogP contribution in [-0.4, -0.2) is 13.5 Å². The number of phenols is 1. The molecule has 0 heterocycles. The van der Waals surface area contributed by atoms with Crippen molar-refractivity contribution < 1.29 is 22.3 Å². The minimum absolute atomic E-state index is 0.284. The third-order valence-electron chi connectivity index (χ3n) is 1.56. The Morgan fingerprint density at radius 1 is 1.47 bits per heavy atom. The van der Waals surface area contributed by atoms with Crippen molar-refractivity contribution in [3.63, 3.8) is 0 Å². The lowest BCUT2D eigenvalue weighted by Crippen LogP contribution is -2.01. The van der Waals surface area contributed by atoms with E-state index in [1.807, 2.05) is 0 Å². The summed E-state index contributed by atoms with van der Waals surface area (Å²) in [5.74, 6) is -4.22. The highest BCUT2D eigenvalue weighted by atomic mass is 79.9. The monoisotopic (exact) mass is 320 g/mol. The van der Waals surface area contributed by atoms with Gasteiger partial charge in [-0.1, -0.05) is 0 Å². The lowest BCUT2D eigenvalue weighted by Gasteiger charge is -2.06. The first-order chi connectivity index (χ1) is 6.72. The number of hydrogen-bond donors (Lipinski definition) is 1. The maximum atomic E-state index is 13.3. The molecule has 84 valence electrons. The fourth-order valence-electron chi connectivity index (χ4n) is 0.939. The van der Waals surface area contributed by atoms with Crippen LogP contribution in [0.5, 0.6) is 5.75 Å². The van der Waals surface area contributed by atoms with Crippen LogP contribution in [0.1, 0.15) is 5.56 Å². The molecule has 0 saturated carbocycles. The minimum Gasteiger partial charge on any atom is -0.505 e. The zero-order valence-electron chi connectivity index (χ0n) is 6.97. The standard InChI is InChI=1S/C7H4BrClF2O3S/c8-4-1-5(10)7(12)3(6(4)11)2-15(9,13)14/h1,12H,2H2. The second-order valence-corrected chi connectivity index (χ2v) is 6.30. The van der Waals surface area contributed by atoms with E-state index < -0.39 is 37.8 Å². The molecule has 0 fully saturated rings. The molecule has 1 aromatic carbocycles. The predicted molar refractivity (Wildman–Crippen MR) is 54.2 cm³/mol. The Kier molecular flexibility index (Phi) is 3.57. The Morgan fingerprint density at radius 3 is 2.47 bits per heavy atom. The van der Waals surface area contributed by atoms with Crippen LogP contribution in [0.25, 0.3) is 0 Å². The predicted octanol–water partition coefficient (Wildman–Crippen LogP) is 2.50. The number of rotatable bonds is 2. The van der Waals surface area contributed by atoms with E-state index in [1.165, 1.54) is 0 Å². The lowest BCUT2D eigenvalue weighted by atomic mass is 10.2. The van der Waals surface area contributed by atoms with Crippen LogP contribution >= 0.6 is 26.6 Å². The molecule has 0 saturated heterocycles. The molecule has 0 aliphatic rings. The molecule has 0 unspecified atom stereocenters. The van der Waals surface area contributed by atoms with Gasteiger partial charge in [0.1, 0.15) is 5.82 Å². The topological polar surface area (TPSA) is 54.4 Å². The summed E-state index contributed by atoms with van der Waals surface area (Å²) in [5, 5.41) is 9.11. The molecule has 0 aliphatic heterocycles. The second kappa shape index (κ2) is 4.23. The number of halogens is 4. The first kappa shape index (κ1) is 12.7. The van der Waals surface area contributed by atoms with Gasteiger partial charge in [-0.3, -0.25) is 0 Å². The molecule has 0 radical (unpaired) electrons. The fraction of sp³-hybridized carbons (Fsp3) is 0.143. The zero-order valence-corrected chi connectivity index (χ0v) is 10.1. The fourth-order valence-corrected chi connectivity index (χ4v) is 2.32. The average Bonchev–Trinajstić information content (AvgIpc) is 2.08. The number of aromatic hydroxyl groups is 1. The molecular formula is C7H4BrClF2O3S. The number of hydrogen-bond acceptors (Lipinski definition) is 3. The van der Waals surface area contributed by atoms with Gasteiger partial charge in [0.05, 0.1) is 15.8 Å². The van der Waals surface area contributed by atoms with Crippen LogP contribution < -0.4 is 0 Å². The summed E-state index contributed by atoms with van der Waals surface area (Å²) in [4.78, 5) is 0. The molecule has 0 amide bonds. The van der Waals surface area contributed by atoms with E-state index in [1.54, 1.807) is 0 Å². The highest BCUT2D eigenvalue weighted by molar-refractivity contribution is 9.10. The van der Waals surface area contributed by atoms with Gasteiger partial charge in [0, 0.05) is 10.7 Å². The van der Waals surface area contributed by atoms with Crippen molar-refractivity contribution in [2.24, 2.45) is 0 Å². The largest absolute Gasteiger partial charge is 0.505 e. The molecule has 0 spiro atoms. The molecule has 1 rings (SSSR count). The molecular weight excluding hydrogens is 317 g/mol. The zero-order chi connectivity index (χ0) is 11.8. The van der Waals surface area contributed by atoms with Crippen LogP contribution in [0.2, 0.25) is 0 Å². The Morgan fingerprint density at radius 2 is 2.00 bits per heavy atom. The van der Waals surface area contributed by atoms with E-state index in [0.29, 0.717) is 6.07 Å². The minimum atomic E-state index is -4.07. The second-order valence-electron chi connectivity index (χ2n) is 2.66. The molecule has 1 aromatic rings. The van der Waals surface area contributed by atoms with Gasteiger partial charge in [-0.05, 0) is 22.0 Å². The van der Waals surface area contributed by atoms with Gasteiger partial charge in [0.2, 0.25) is 9.05 Å². The summed E-state index contributed by atoms with van der Waals surface area (Å²) in [5.41, 5.74) is -0.697. The maximum absolute atomic E-state index is 13.3. The van der Waals surface area contributed by atoms with E-state index in [2.05, 4.69) is 15.9 Å². The summed E-state index contributed by atoms with van der Waals surface area (Å²) in [6, 6.07) is 0.690. The van der Waals surface area contributed by atoms with Crippen LogP contribution in [0, 0.1) is 11.6 Å². The van der Waals surface area contributed by atoms with E-state index in [9.17, 15) is 17.2 Å². The Bertz CT molecular complexity index is 477. The van der Waals surface area contributed by atoms with Crippen molar-refractivity contribution in [3.8, 4) is 5.75 Å². The molecule has 0 atom stereocenters. The molecule has 0 aliphatic carbocycles. The average molecular weight is 322 g/mol. The van der Waals surface area contributed by atoms with Gasteiger partial charge in [-0.25, -0.2) is 17.2 Å². The van der Waals surface area contributed by atoms with Crippen molar-refractivity contribution in [1.29, 1.82) is 0 Å². The van der Waals surface area contributed by atoms with Gasteiger partial charge in [-0.15, -0.1) is 0 Å². The molecule has 8 heteroatoms. The quantitative estimate of drug-likeness (QED) is 0.672. The first-order valence-corrected chi connectivity index (χ1v) is 6.77. The normalized spacial score (nSPS) is 11.7. The van der Waals surface area contributed by atoms with E-state index in [4.69, 9.17) is 15.8 Å². The van der Waals surface area contributed by atoms with Crippen molar-refractivity contribution in [3.05, 3.63) is 27.7 Å². The summed E-state index contributed by atoms with van der Waals surface area (Å²) in [7, 11) is 0.802. The number of phenolic OH excluding ortho intramolecular Hbond substituents is 1. The van der Waals surface area contributed by atoms with Gasteiger partial charge in [0.15, 0.2) is 11.6 Å². The molecule has 3 nitrogen and oxygen atoms in total. The van der Waals surface area contributed by atoms with E-state index >= 15 is 0 Å². The summed E-state index contributed by atoms with van der Waals surface area (Å²) < 4.78 is 47.3. The SMILES string of the molecule is O=S(=O)(Cl)Cc1c(O)c(F)cc(Br)c1F. The Labute approximate surface area is 97.2 Å². The Hall–Kier alpha value is -0.400. The van der Waals surface area contributed by atoms with Gasteiger partial charge in [-0.2, -0.15) is 0 Å². The summed E-state index contributed by atoms with van der Waals surface area (Å²) in [6.07, 6.45) is 0. The van der Waals surface area contributed by atoms with Crippen molar-refractivity contribution in [2.45, 2.75) is 5.75 Å². The third kappa shape index (κ3) is 3.02. The molecule has 15 heavy (non-hydrogen) atoms. The lowest BCUT2D eigenvalue weighted by molar-refractivity contribution is 0.419. The van der Waals surface area contributed by atoms with Gasteiger partial charge >= 0.3 is 0 Å². The van der Waals surface area contributed by atoms with Crippen LogP contribution in [0.15, 0.2) is 10.5 Å². The van der Waals surface area contributed by atoms with Crippen molar-refractivity contribution in [1.82, 2.24) is 0 Å². The molecule has 0 aromatic heterocycles. The van der Waals surface area contributed by atoms with E-state index in [-0.39, 0.29) is 4.47 Å². The highest BCUT2D eigenvalue weighted by Gasteiger charge is 2.21. The van der Waals surface area contributed by atoms with Crippen molar-refractivity contribution >= 4 is 35.7 Å². The molecule has 0 bridgehead atoms. The van der Waals surface area contributed by atoms with Crippen molar-refractivity contribution in [2.75, 3.05) is 0 Å². The van der Waals surface area contributed by atoms with Crippen LogP contribution in [0.3, 0.4) is 0 Å². The summed E-state index contributed by atoms with van der Waals surface area (Å²) in [6.45, 7) is 0. The third-order valence-corrected chi connectivity index (χ3v) is 3.09. The number of benzene rings is 1. The summed E-state index contributed by atoms with van der Waals surface area (Å²) >= 11 is 2.67. The van der Waals surface area contributed by atoms with Gasteiger partial charge < -0.3 is 5.11 Å². The van der Waals surface area contributed by atoms with Crippen LogP contribution in [-0.2, 0) is 14.8 Å². The smallest absolute Gasteiger partial charge is 0.237 e. The highest BCUT2D eigenvalue weighted by Crippen LogP contribution is 2.31. The molecule has 1 N–H and O–H groups in total. The van der Waals surface area contributed by atoms with Gasteiger partial charge in [0.25, 0.3) is 0 Å². The Balaban J connectivity index is 3.40.